The van der Waals surface area contributed by atoms with Gasteiger partial charge in [-0.3, -0.25) is 14.9 Å². The number of amides is 1. The summed E-state index contributed by atoms with van der Waals surface area (Å²) in [6.07, 6.45) is 2.12. The molecular weight excluding hydrogens is 294 g/mol. The first-order valence-electron chi connectivity index (χ1n) is 6.84. The predicted molar refractivity (Wildman–Crippen MR) is 80.8 cm³/mol. The highest BCUT2D eigenvalue weighted by molar-refractivity contribution is 5.95. The fraction of sp³-hybridized carbons (Fsp3) is 0.500. The lowest BCUT2D eigenvalue weighted by Crippen LogP contribution is -2.33. The van der Waals surface area contributed by atoms with E-state index in [4.69, 9.17) is 0 Å². The zero-order valence-electron chi connectivity index (χ0n) is 11.6. The van der Waals surface area contributed by atoms with Crippen LogP contribution in [0.1, 0.15) is 23.2 Å². The molecule has 2 fully saturated rings. The molecule has 114 valence electrons. The number of nitro groups is 1. The van der Waals surface area contributed by atoms with Gasteiger partial charge in [0.25, 0.3) is 11.6 Å². The van der Waals surface area contributed by atoms with E-state index >= 15 is 0 Å². The Morgan fingerprint density at radius 1 is 1.38 bits per heavy atom. The molecule has 2 heterocycles. The molecule has 0 saturated carbocycles. The van der Waals surface area contributed by atoms with Gasteiger partial charge >= 0.3 is 0 Å². The lowest BCUT2D eigenvalue weighted by Gasteiger charge is -2.22. The van der Waals surface area contributed by atoms with Crippen LogP contribution in [-0.4, -0.2) is 41.9 Å². The second kappa shape index (κ2) is 5.99. The number of halogens is 1. The predicted octanol–water partition coefficient (Wildman–Crippen LogP) is 1.84. The van der Waals surface area contributed by atoms with Crippen molar-refractivity contribution in [1.82, 2.24) is 10.2 Å². The average Bonchev–Trinajstić information content (AvgIpc) is 3.09. The molecule has 0 bridgehead atoms. The van der Waals surface area contributed by atoms with Gasteiger partial charge in [-0.25, -0.2) is 0 Å². The molecule has 1 aromatic carbocycles. The highest BCUT2D eigenvalue weighted by atomic mass is 35.5. The van der Waals surface area contributed by atoms with Gasteiger partial charge in [0.2, 0.25) is 0 Å². The van der Waals surface area contributed by atoms with Crippen molar-refractivity contribution in [2.24, 2.45) is 5.41 Å². The van der Waals surface area contributed by atoms with E-state index in [0.717, 1.165) is 39.0 Å². The summed E-state index contributed by atoms with van der Waals surface area (Å²) < 4.78 is 0. The molecular formula is C14H18ClN3O3. The number of nitrogens with one attached hydrogen (secondary N) is 1. The number of carbonyl (C=O) groups excluding carboxylic acids is 1. The summed E-state index contributed by atoms with van der Waals surface area (Å²) in [6.45, 7) is 3.47. The van der Waals surface area contributed by atoms with Crippen LogP contribution < -0.4 is 5.32 Å². The van der Waals surface area contributed by atoms with Gasteiger partial charge in [0.05, 0.1) is 4.92 Å². The maximum Gasteiger partial charge on any atom is 0.270 e. The van der Waals surface area contributed by atoms with Crippen LogP contribution in [0.4, 0.5) is 5.69 Å². The van der Waals surface area contributed by atoms with E-state index in [1.54, 1.807) is 12.1 Å². The van der Waals surface area contributed by atoms with E-state index in [0.29, 0.717) is 5.56 Å². The molecule has 0 radical (unpaired) electrons. The van der Waals surface area contributed by atoms with Gasteiger partial charge in [0, 0.05) is 42.7 Å². The first-order chi connectivity index (χ1) is 9.60. The second-order valence-electron chi connectivity index (χ2n) is 5.71. The molecule has 21 heavy (non-hydrogen) atoms. The average molecular weight is 312 g/mol. The number of carbonyl (C=O) groups is 1. The number of rotatable bonds is 2. The number of hydrogen-bond donors (Lipinski definition) is 1. The zero-order chi connectivity index (χ0) is 14.2. The summed E-state index contributed by atoms with van der Waals surface area (Å²) in [7, 11) is 0. The van der Waals surface area contributed by atoms with Crippen molar-refractivity contribution in [1.29, 1.82) is 0 Å². The van der Waals surface area contributed by atoms with Crippen molar-refractivity contribution in [3.63, 3.8) is 0 Å². The first kappa shape index (κ1) is 15.7. The Kier molecular flexibility index (Phi) is 4.49. The topological polar surface area (TPSA) is 75.5 Å². The Balaban J connectivity index is 0.00000161. The minimum Gasteiger partial charge on any atom is -0.338 e. The fourth-order valence-corrected chi connectivity index (χ4v) is 3.19. The lowest BCUT2D eigenvalue weighted by molar-refractivity contribution is -0.384. The van der Waals surface area contributed by atoms with E-state index in [1.165, 1.54) is 12.1 Å². The summed E-state index contributed by atoms with van der Waals surface area (Å²) in [4.78, 5) is 24.6. The third-order valence-corrected chi connectivity index (χ3v) is 4.36. The molecule has 3 rings (SSSR count). The van der Waals surface area contributed by atoms with E-state index in [9.17, 15) is 14.9 Å². The Labute approximate surface area is 129 Å². The summed E-state index contributed by atoms with van der Waals surface area (Å²) in [5.41, 5.74) is 0.589. The van der Waals surface area contributed by atoms with Crippen LogP contribution in [0.3, 0.4) is 0 Å². The molecule has 2 aliphatic heterocycles. The molecule has 0 aliphatic carbocycles. The highest BCUT2D eigenvalue weighted by Gasteiger charge is 2.42. The van der Waals surface area contributed by atoms with Crippen LogP contribution in [0, 0.1) is 15.5 Å². The van der Waals surface area contributed by atoms with Crippen molar-refractivity contribution in [2.45, 2.75) is 12.8 Å². The van der Waals surface area contributed by atoms with Crippen LogP contribution in [0.25, 0.3) is 0 Å². The van der Waals surface area contributed by atoms with Gasteiger partial charge in [-0.15, -0.1) is 12.4 Å². The van der Waals surface area contributed by atoms with Gasteiger partial charge in [0.15, 0.2) is 0 Å². The van der Waals surface area contributed by atoms with Crippen molar-refractivity contribution >= 4 is 24.0 Å². The maximum atomic E-state index is 12.4. The van der Waals surface area contributed by atoms with Crippen molar-refractivity contribution in [2.75, 3.05) is 26.2 Å². The van der Waals surface area contributed by atoms with E-state index in [1.807, 2.05) is 4.90 Å². The van der Waals surface area contributed by atoms with E-state index in [2.05, 4.69) is 5.32 Å². The number of nitrogens with zero attached hydrogens (tertiary/aromatic N) is 2. The molecule has 7 heteroatoms. The number of non-ortho nitro benzene ring substituents is 1. The van der Waals surface area contributed by atoms with Crippen LogP contribution in [0.5, 0.6) is 0 Å². The lowest BCUT2D eigenvalue weighted by atomic mass is 9.86. The second-order valence-corrected chi connectivity index (χ2v) is 5.71. The summed E-state index contributed by atoms with van der Waals surface area (Å²) >= 11 is 0. The number of likely N-dealkylation sites (tertiary alicyclic amines) is 1. The first-order valence-corrected chi connectivity index (χ1v) is 6.84. The molecule has 1 unspecified atom stereocenters. The van der Waals surface area contributed by atoms with Gasteiger partial charge in [-0.1, -0.05) is 6.07 Å². The number of nitro benzene ring substituents is 1. The van der Waals surface area contributed by atoms with Crippen LogP contribution >= 0.6 is 12.4 Å². The maximum absolute atomic E-state index is 12.4. The Bertz CT molecular complexity index is 558. The van der Waals surface area contributed by atoms with Gasteiger partial charge in [-0.2, -0.15) is 0 Å². The smallest absolute Gasteiger partial charge is 0.270 e. The molecule has 1 amide bonds. The quantitative estimate of drug-likeness (QED) is 0.668. The Morgan fingerprint density at radius 3 is 2.86 bits per heavy atom. The third kappa shape index (κ3) is 3.01. The van der Waals surface area contributed by atoms with Crippen molar-refractivity contribution < 1.29 is 9.72 Å². The SMILES string of the molecule is Cl.O=C(c1cccc([N+](=O)[O-])c1)N1CCC2(CCNC2)C1. The number of benzene rings is 1. The minimum atomic E-state index is -0.469. The summed E-state index contributed by atoms with van der Waals surface area (Å²) in [5.74, 6) is -0.0996. The monoisotopic (exact) mass is 311 g/mol. The molecule has 1 N–H and O–H groups in total. The molecule has 2 aliphatic rings. The van der Waals surface area contributed by atoms with E-state index < -0.39 is 4.92 Å². The van der Waals surface area contributed by atoms with E-state index in [-0.39, 0.29) is 29.4 Å². The number of hydrogen-bond acceptors (Lipinski definition) is 4. The standard InChI is InChI=1S/C14H17N3O3.ClH/c18-13(11-2-1-3-12(8-11)17(19)20)16-7-5-14(10-16)4-6-15-9-14;/h1-3,8,15H,4-7,9-10H2;1H. The fourth-order valence-electron chi connectivity index (χ4n) is 3.19. The van der Waals surface area contributed by atoms with Crippen molar-refractivity contribution in [3.05, 3.63) is 39.9 Å². The molecule has 2 saturated heterocycles. The van der Waals surface area contributed by atoms with Gasteiger partial charge in [-0.05, 0) is 25.5 Å². The zero-order valence-corrected chi connectivity index (χ0v) is 12.4. The van der Waals surface area contributed by atoms with Crippen LogP contribution in [-0.2, 0) is 0 Å². The molecule has 6 nitrogen and oxygen atoms in total. The summed E-state index contributed by atoms with van der Waals surface area (Å²) in [5, 5.41) is 14.1. The van der Waals surface area contributed by atoms with Gasteiger partial charge in [0.1, 0.15) is 0 Å². The largest absolute Gasteiger partial charge is 0.338 e. The molecule has 1 atom stereocenters. The van der Waals surface area contributed by atoms with Gasteiger partial charge < -0.3 is 10.2 Å². The van der Waals surface area contributed by atoms with Crippen LogP contribution in [0.15, 0.2) is 24.3 Å². The molecule has 1 aromatic rings. The minimum absolute atomic E-state index is 0. The molecule has 1 spiro atoms. The summed E-state index contributed by atoms with van der Waals surface area (Å²) in [6, 6.07) is 5.98. The normalized spacial score (nSPS) is 24.1. The Morgan fingerprint density at radius 2 is 2.19 bits per heavy atom. The van der Waals surface area contributed by atoms with Crippen molar-refractivity contribution in [3.8, 4) is 0 Å². The van der Waals surface area contributed by atoms with Crippen LogP contribution in [0.2, 0.25) is 0 Å². The highest BCUT2D eigenvalue weighted by Crippen LogP contribution is 2.36. The third-order valence-electron chi connectivity index (χ3n) is 4.36. The Hall–Kier alpha value is -1.66. The molecule has 0 aromatic heterocycles.